The largest absolute Gasteiger partial charge is 0.391 e. The van der Waals surface area contributed by atoms with E-state index in [2.05, 4.69) is 10.3 Å². The average molecular weight is 290 g/mol. The second kappa shape index (κ2) is 6.18. The number of carbonyl (C=O) groups is 1. The van der Waals surface area contributed by atoms with Gasteiger partial charge < -0.3 is 10.4 Å². The molecule has 0 saturated heterocycles. The summed E-state index contributed by atoms with van der Waals surface area (Å²) in [7, 11) is 0. The van der Waals surface area contributed by atoms with Crippen molar-refractivity contribution in [1.82, 2.24) is 10.3 Å². The highest BCUT2D eigenvalue weighted by atomic mass is 19.1. The third-order valence-electron chi connectivity index (χ3n) is 3.46. The van der Waals surface area contributed by atoms with Crippen LogP contribution in [0.4, 0.5) is 4.39 Å². The van der Waals surface area contributed by atoms with E-state index in [0.29, 0.717) is 22.2 Å². The maximum Gasteiger partial charge on any atom is 0.253 e. The van der Waals surface area contributed by atoms with E-state index in [1.807, 2.05) is 13.8 Å². The van der Waals surface area contributed by atoms with Gasteiger partial charge in [0, 0.05) is 18.0 Å². The van der Waals surface area contributed by atoms with Gasteiger partial charge in [-0.3, -0.25) is 9.78 Å². The van der Waals surface area contributed by atoms with Crippen LogP contribution in [-0.2, 0) is 0 Å². The summed E-state index contributed by atoms with van der Waals surface area (Å²) >= 11 is 0. The molecule has 0 aliphatic heterocycles. The van der Waals surface area contributed by atoms with Gasteiger partial charge >= 0.3 is 0 Å². The first-order valence-corrected chi connectivity index (χ1v) is 6.91. The number of aromatic nitrogens is 1. The van der Waals surface area contributed by atoms with Crippen molar-refractivity contribution in [2.45, 2.75) is 26.9 Å². The molecule has 2 rings (SSSR count). The van der Waals surface area contributed by atoms with Crippen LogP contribution in [0.1, 0.15) is 29.9 Å². The predicted molar refractivity (Wildman–Crippen MR) is 79.6 cm³/mol. The summed E-state index contributed by atoms with van der Waals surface area (Å²) in [5.74, 6) is -0.568. The van der Waals surface area contributed by atoms with Crippen molar-refractivity contribution in [3.05, 3.63) is 41.3 Å². The molecule has 0 aliphatic carbocycles. The smallest absolute Gasteiger partial charge is 0.253 e. The van der Waals surface area contributed by atoms with Crippen molar-refractivity contribution in [3.63, 3.8) is 0 Å². The van der Waals surface area contributed by atoms with Gasteiger partial charge in [-0.15, -0.1) is 0 Å². The molecule has 1 atom stereocenters. The first-order chi connectivity index (χ1) is 9.88. The van der Waals surface area contributed by atoms with Crippen LogP contribution < -0.4 is 5.32 Å². The fourth-order valence-electron chi connectivity index (χ4n) is 1.99. The highest BCUT2D eigenvalue weighted by Crippen LogP contribution is 2.17. The lowest BCUT2D eigenvalue weighted by atomic mass is 10.1. The van der Waals surface area contributed by atoms with E-state index >= 15 is 0 Å². The molecule has 112 valence electrons. The first-order valence-electron chi connectivity index (χ1n) is 6.91. The number of rotatable bonds is 4. The van der Waals surface area contributed by atoms with E-state index in [9.17, 15) is 14.3 Å². The van der Waals surface area contributed by atoms with E-state index in [1.165, 1.54) is 12.1 Å². The monoisotopic (exact) mass is 290 g/mol. The number of aliphatic hydroxyl groups is 1. The summed E-state index contributed by atoms with van der Waals surface area (Å²) in [5.41, 5.74) is 1.49. The number of nitrogens with zero attached hydrogens (tertiary/aromatic N) is 1. The Morgan fingerprint density at radius 2 is 2.10 bits per heavy atom. The Bertz CT molecular complexity index is 671. The predicted octanol–water partition coefficient (Wildman–Crippen LogP) is 2.43. The minimum absolute atomic E-state index is 0.0732. The maximum atomic E-state index is 13.2. The Labute approximate surface area is 123 Å². The van der Waals surface area contributed by atoms with Crippen LogP contribution in [0.15, 0.2) is 24.3 Å². The number of halogens is 1. The molecule has 0 fully saturated rings. The average Bonchev–Trinajstić information content (AvgIpc) is 2.43. The normalized spacial score (nSPS) is 12.7. The second-order valence-corrected chi connectivity index (χ2v) is 5.48. The molecule has 0 radical (unpaired) electrons. The quantitative estimate of drug-likeness (QED) is 0.909. The van der Waals surface area contributed by atoms with Crippen LogP contribution in [0.3, 0.4) is 0 Å². The van der Waals surface area contributed by atoms with Crippen molar-refractivity contribution in [2.24, 2.45) is 5.92 Å². The maximum absolute atomic E-state index is 13.2. The third kappa shape index (κ3) is 3.55. The number of hydrogen-bond donors (Lipinski definition) is 2. The lowest BCUT2D eigenvalue weighted by Crippen LogP contribution is -2.35. The van der Waals surface area contributed by atoms with E-state index in [1.54, 1.807) is 19.1 Å². The molecule has 1 amide bonds. The number of nitrogens with one attached hydrogen (secondary N) is 1. The fraction of sp³-hybridized carbons (Fsp3) is 0.375. The number of hydrogen-bond acceptors (Lipinski definition) is 3. The van der Waals surface area contributed by atoms with Gasteiger partial charge in [0.25, 0.3) is 5.91 Å². The topological polar surface area (TPSA) is 62.2 Å². The molecule has 1 aromatic carbocycles. The molecular formula is C16H19FN2O2. The lowest BCUT2D eigenvalue weighted by molar-refractivity contribution is 0.0871. The van der Waals surface area contributed by atoms with Crippen LogP contribution in [0.2, 0.25) is 0 Å². The molecule has 1 unspecified atom stereocenters. The van der Waals surface area contributed by atoms with E-state index in [0.717, 1.165) is 0 Å². The van der Waals surface area contributed by atoms with Gasteiger partial charge in [0.1, 0.15) is 5.82 Å². The summed E-state index contributed by atoms with van der Waals surface area (Å²) in [4.78, 5) is 16.4. The number of aliphatic hydroxyl groups excluding tert-OH is 1. The Morgan fingerprint density at radius 3 is 2.76 bits per heavy atom. The Balaban J connectivity index is 2.23. The Kier molecular flexibility index (Phi) is 4.53. The minimum atomic E-state index is -0.586. The van der Waals surface area contributed by atoms with Crippen LogP contribution in [0.25, 0.3) is 10.9 Å². The summed E-state index contributed by atoms with van der Waals surface area (Å²) in [6, 6.07) is 5.96. The number of pyridine rings is 1. The number of aryl methyl sites for hydroxylation is 1. The number of fused-ring (bicyclic) bond motifs is 1. The molecule has 21 heavy (non-hydrogen) atoms. The van der Waals surface area contributed by atoms with Crippen LogP contribution in [0.5, 0.6) is 0 Å². The molecule has 0 bridgehead atoms. The van der Waals surface area contributed by atoms with Crippen LogP contribution >= 0.6 is 0 Å². The fourth-order valence-corrected chi connectivity index (χ4v) is 1.99. The zero-order chi connectivity index (χ0) is 15.6. The SMILES string of the molecule is Cc1nc2cc(F)ccc2cc1C(=O)NCC(O)C(C)C. The molecule has 0 aliphatic rings. The third-order valence-corrected chi connectivity index (χ3v) is 3.46. The Hall–Kier alpha value is -2.01. The van der Waals surface area contributed by atoms with E-state index < -0.39 is 6.10 Å². The number of carbonyl (C=O) groups excluding carboxylic acids is 1. The minimum Gasteiger partial charge on any atom is -0.391 e. The molecule has 5 heteroatoms. The number of benzene rings is 1. The zero-order valence-electron chi connectivity index (χ0n) is 12.4. The van der Waals surface area contributed by atoms with Gasteiger partial charge in [-0.1, -0.05) is 13.8 Å². The van der Waals surface area contributed by atoms with Crippen molar-refractivity contribution >= 4 is 16.8 Å². The summed E-state index contributed by atoms with van der Waals surface area (Å²) in [6.07, 6.45) is -0.586. The van der Waals surface area contributed by atoms with Crippen molar-refractivity contribution in [3.8, 4) is 0 Å². The van der Waals surface area contributed by atoms with Gasteiger partial charge in [-0.05, 0) is 31.0 Å². The van der Waals surface area contributed by atoms with Crippen LogP contribution in [0, 0.1) is 18.7 Å². The molecule has 0 saturated carbocycles. The highest BCUT2D eigenvalue weighted by molar-refractivity contribution is 5.98. The summed E-state index contributed by atoms with van der Waals surface area (Å²) < 4.78 is 13.2. The van der Waals surface area contributed by atoms with Gasteiger partial charge in [-0.25, -0.2) is 4.39 Å². The summed E-state index contributed by atoms with van der Waals surface area (Å²) in [6.45, 7) is 5.66. The van der Waals surface area contributed by atoms with Crippen LogP contribution in [-0.4, -0.2) is 28.6 Å². The van der Waals surface area contributed by atoms with Crippen molar-refractivity contribution in [1.29, 1.82) is 0 Å². The van der Waals surface area contributed by atoms with E-state index in [4.69, 9.17) is 0 Å². The molecule has 2 aromatic rings. The second-order valence-electron chi connectivity index (χ2n) is 5.48. The van der Waals surface area contributed by atoms with Gasteiger partial charge in [0.15, 0.2) is 0 Å². The molecule has 1 aromatic heterocycles. The first kappa shape index (κ1) is 15.4. The molecule has 2 N–H and O–H groups in total. The van der Waals surface area contributed by atoms with Gasteiger partial charge in [0.2, 0.25) is 0 Å². The zero-order valence-corrected chi connectivity index (χ0v) is 12.4. The van der Waals surface area contributed by atoms with E-state index in [-0.39, 0.29) is 24.2 Å². The standard InChI is InChI=1S/C16H19FN2O2/c1-9(2)15(20)8-18-16(21)13-6-11-4-5-12(17)7-14(11)19-10(13)3/h4-7,9,15,20H,8H2,1-3H3,(H,18,21). The molecular weight excluding hydrogens is 271 g/mol. The molecule has 1 heterocycles. The summed E-state index contributed by atoms with van der Waals surface area (Å²) in [5, 5.41) is 13.1. The lowest BCUT2D eigenvalue weighted by Gasteiger charge is -2.15. The van der Waals surface area contributed by atoms with Crippen molar-refractivity contribution < 1.29 is 14.3 Å². The molecule has 4 nitrogen and oxygen atoms in total. The van der Waals surface area contributed by atoms with Gasteiger partial charge in [0.05, 0.1) is 22.9 Å². The highest BCUT2D eigenvalue weighted by Gasteiger charge is 2.15. The number of amides is 1. The Morgan fingerprint density at radius 1 is 1.38 bits per heavy atom. The van der Waals surface area contributed by atoms with Crippen molar-refractivity contribution in [2.75, 3.05) is 6.54 Å². The molecule has 0 spiro atoms. The van der Waals surface area contributed by atoms with Gasteiger partial charge in [-0.2, -0.15) is 0 Å².